The Kier molecular flexibility index (Phi) is 1.80. The summed E-state index contributed by atoms with van der Waals surface area (Å²) in [7, 11) is 0. The molecule has 3 heteroatoms. The highest BCUT2D eigenvalue weighted by atomic mass is 16.4. The van der Waals surface area contributed by atoms with Crippen LogP contribution in [0, 0.1) is 6.92 Å². The fourth-order valence-electron chi connectivity index (χ4n) is 2.93. The van der Waals surface area contributed by atoms with Crippen LogP contribution < -0.4 is 5.63 Å². The Morgan fingerprint density at radius 3 is 2.78 bits per heavy atom. The molecule has 4 rings (SSSR count). The van der Waals surface area contributed by atoms with Gasteiger partial charge in [0.2, 0.25) is 0 Å². The second-order valence-corrected chi connectivity index (χ2v) is 4.96. The molecule has 0 N–H and O–H groups in total. The minimum absolute atomic E-state index is 0.183. The van der Waals surface area contributed by atoms with Gasteiger partial charge < -0.3 is 8.83 Å². The lowest BCUT2D eigenvalue weighted by atomic mass is 10.0. The minimum atomic E-state index is -0.183. The summed E-state index contributed by atoms with van der Waals surface area (Å²) in [5.74, 6) is 0. The summed E-state index contributed by atoms with van der Waals surface area (Å²) in [4.78, 5) is 11.9. The third-order valence-corrected chi connectivity index (χ3v) is 3.86. The lowest BCUT2D eigenvalue weighted by Gasteiger charge is -2.03. The molecule has 0 fully saturated rings. The average molecular weight is 240 g/mol. The predicted octanol–water partition coefficient (Wildman–Crippen LogP) is 3.34. The van der Waals surface area contributed by atoms with Crippen molar-refractivity contribution >= 4 is 21.9 Å². The predicted molar refractivity (Wildman–Crippen MR) is 69.0 cm³/mol. The Morgan fingerprint density at radius 1 is 1.06 bits per heavy atom. The molecule has 3 nitrogen and oxygen atoms in total. The Balaban J connectivity index is 2.24. The lowest BCUT2D eigenvalue weighted by Crippen LogP contribution is -2.06. The zero-order chi connectivity index (χ0) is 12.3. The fraction of sp³-hybridized carbons (Fsp3) is 0.267. The Labute approximate surface area is 103 Å². The van der Waals surface area contributed by atoms with Crippen LogP contribution in [0.5, 0.6) is 0 Å². The van der Waals surface area contributed by atoms with E-state index >= 15 is 0 Å². The van der Waals surface area contributed by atoms with Crippen molar-refractivity contribution in [2.24, 2.45) is 0 Å². The number of fused-ring (bicyclic) bond motifs is 4. The molecule has 3 aromatic rings. The summed E-state index contributed by atoms with van der Waals surface area (Å²) in [6.45, 7) is 2.02. The molecule has 2 heterocycles. The molecular weight excluding hydrogens is 228 g/mol. The zero-order valence-electron chi connectivity index (χ0n) is 10.1. The van der Waals surface area contributed by atoms with Crippen LogP contribution in [-0.2, 0) is 12.8 Å². The van der Waals surface area contributed by atoms with Gasteiger partial charge in [0, 0.05) is 22.4 Å². The van der Waals surface area contributed by atoms with E-state index in [9.17, 15) is 4.79 Å². The quantitative estimate of drug-likeness (QED) is 0.566. The first kappa shape index (κ1) is 9.95. The molecule has 1 aliphatic rings. The van der Waals surface area contributed by atoms with Crippen LogP contribution in [0.25, 0.3) is 21.9 Å². The van der Waals surface area contributed by atoms with Gasteiger partial charge in [0.05, 0.1) is 6.26 Å². The van der Waals surface area contributed by atoms with Gasteiger partial charge in [-0.05, 0) is 43.4 Å². The van der Waals surface area contributed by atoms with Crippen molar-refractivity contribution in [3.63, 3.8) is 0 Å². The van der Waals surface area contributed by atoms with Gasteiger partial charge in [0.15, 0.2) is 0 Å². The second-order valence-electron chi connectivity index (χ2n) is 4.96. The van der Waals surface area contributed by atoms with E-state index in [-0.39, 0.29) is 5.63 Å². The minimum Gasteiger partial charge on any atom is -0.464 e. The van der Waals surface area contributed by atoms with Crippen LogP contribution in [0.4, 0.5) is 0 Å². The van der Waals surface area contributed by atoms with Crippen LogP contribution in [-0.4, -0.2) is 0 Å². The van der Waals surface area contributed by atoms with E-state index in [0.717, 1.165) is 46.7 Å². The third kappa shape index (κ3) is 1.16. The van der Waals surface area contributed by atoms with Crippen molar-refractivity contribution in [1.82, 2.24) is 0 Å². The summed E-state index contributed by atoms with van der Waals surface area (Å²) in [6.07, 6.45) is 4.60. The summed E-state index contributed by atoms with van der Waals surface area (Å²) < 4.78 is 10.9. The number of rotatable bonds is 0. The number of furan rings is 1. The monoisotopic (exact) mass is 240 g/mol. The smallest absolute Gasteiger partial charge is 0.339 e. The summed E-state index contributed by atoms with van der Waals surface area (Å²) in [5.41, 5.74) is 4.39. The van der Waals surface area contributed by atoms with Crippen LogP contribution in [0.15, 0.2) is 32.0 Å². The molecule has 2 aromatic heterocycles. The first-order chi connectivity index (χ1) is 8.74. The maximum Gasteiger partial charge on any atom is 0.339 e. The highest BCUT2D eigenvalue weighted by molar-refractivity contribution is 5.96. The van der Waals surface area contributed by atoms with Gasteiger partial charge in [0.1, 0.15) is 11.2 Å². The summed E-state index contributed by atoms with van der Waals surface area (Å²) in [5, 5.41) is 2.17. The topological polar surface area (TPSA) is 43.4 Å². The molecule has 0 bridgehead atoms. The average Bonchev–Trinajstić information content (AvgIpc) is 2.96. The van der Waals surface area contributed by atoms with E-state index < -0.39 is 0 Å². The standard InChI is InChI=1S/C15H12O3/c1-8-7-17-13-6-14-12(5-11(8)13)9-3-2-4-10(9)15(16)18-14/h5-7H,2-4H2,1H3. The number of benzene rings is 1. The van der Waals surface area contributed by atoms with Crippen LogP contribution >= 0.6 is 0 Å². The largest absolute Gasteiger partial charge is 0.464 e. The van der Waals surface area contributed by atoms with Crippen LogP contribution in [0.2, 0.25) is 0 Å². The van der Waals surface area contributed by atoms with Crippen LogP contribution in [0.1, 0.15) is 23.1 Å². The van der Waals surface area contributed by atoms with E-state index in [4.69, 9.17) is 8.83 Å². The highest BCUT2D eigenvalue weighted by Gasteiger charge is 2.20. The molecule has 18 heavy (non-hydrogen) atoms. The number of hydrogen-bond acceptors (Lipinski definition) is 3. The summed E-state index contributed by atoms with van der Waals surface area (Å²) in [6, 6.07) is 3.92. The first-order valence-corrected chi connectivity index (χ1v) is 6.20. The van der Waals surface area contributed by atoms with Gasteiger partial charge in [-0.2, -0.15) is 0 Å². The SMILES string of the molecule is Cc1coc2cc3oc(=O)c4c(c3cc12)CCC4. The lowest BCUT2D eigenvalue weighted by molar-refractivity contribution is 0.550. The van der Waals surface area contributed by atoms with E-state index in [0.29, 0.717) is 5.58 Å². The second kappa shape index (κ2) is 3.25. The van der Waals surface area contributed by atoms with Gasteiger partial charge in [-0.25, -0.2) is 4.79 Å². The molecule has 90 valence electrons. The molecule has 0 radical (unpaired) electrons. The van der Waals surface area contributed by atoms with Gasteiger partial charge >= 0.3 is 5.63 Å². The van der Waals surface area contributed by atoms with Gasteiger partial charge in [-0.15, -0.1) is 0 Å². The molecule has 1 aromatic carbocycles. The molecule has 0 saturated heterocycles. The number of aryl methyl sites for hydroxylation is 2. The van der Waals surface area contributed by atoms with E-state index in [1.54, 1.807) is 6.26 Å². The molecular formula is C15H12O3. The highest BCUT2D eigenvalue weighted by Crippen LogP contribution is 2.32. The first-order valence-electron chi connectivity index (χ1n) is 6.20. The van der Waals surface area contributed by atoms with Crippen molar-refractivity contribution in [3.05, 3.63) is 45.5 Å². The van der Waals surface area contributed by atoms with Crippen molar-refractivity contribution < 1.29 is 8.83 Å². The zero-order valence-corrected chi connectivity index (χ0v) is 10.1. The molecule has 1 aliphatic carbocycles. The molecule has 0 saturated carbocycles. The molecule has 0 unspecified atom stereocenters. The maximum absolute atomic E-state index is 11.9. The van der Waals surface area contributed by atoms with Gasteiger partial charge in [-0.3, -0.25) is 0 Å². The van der Waals surface area contributed by atoms with Gasteiger partial charge in [-0.1, -0.05) is 0 Å². The van der Waals surface area contributed by atoms with Crippen molar-refractivity contribution in [3.8, 4) is 0 Å². The van der Waals surface area contributed by atoms with E-state index in [1.807, 2.05) is 13.0 Å². The van der Waals surface area contributed by atoms with Crippen molar-refractivity contribution in [2.45, 2.75) is 26.2 Å². The summed E-state index contributed by atoms with van der Waals surface area (Å²) >= 11 is 0. The maximum atomic E-state index is 11.9. The Morgan fingerprint density at radius 2 is 1.89 bits per heavy atom. The third-order valence-electron chi connectivity index (χ3n) is 3.86. The molecule has 0 atom stereocenters. The Bertz CT molecular complexity index is 836. The normalized spacial score (nSPS) is 14.5. The number of hydrogen-bond donors (Lipinski definition) is 0. The molecule has 0 spiro atoms. The Hall–Kier alpha value is -2.03. The van der Waals surface area contributed by atoms with E-state index in [1.165, 1.54) is 5.56 Å². The molecule has 0 aliphatic heterocycles. The van der Waals surface area contributed by atoms with Crippen molar-refractivity contribution in [2.75, 3.05) is 0 Å². The van der Waals surface area contributed by atoms with Crippen molar-refractivity contribution in [1.29, 1.82) is 0 Å². The van der Waals surface area contributed by atoms with Crippen LogP contribution in [0.3, 0.4) is 0 Å². The van der Waals surface area contributed by atoms with E-state index in [2.05, 4.69) is 6.07 Å². The molecule has 0 amide bonds. The van der Waals surface area contributed by atoms with Gasteiger partial charge in [0.25, 0.3) is 0 Å². The fourth-order valence-corrected chi connectivity index (χ4v) is 2.93.